The first-order valence-electron chi connectivity index (χ1n) is 6.35. The van der Waals surface area contributed by atoms with Crippen LogP contribution in [0.4, 0.5) is 5.95 Å². The molecule has 0 fully saturated rings. The second kappa shape index (κ2) is 5.02. The molecule has 114 valence electrons. The van der Waals surface area contributed by atoms with Crippen molar-refractivity contribution in [3.05, 3.63) is 55.9 Å². The van der Waals surface area contributed by atoms with E-state index in [-0.39, 0.29) is 17.4 Å². The number of aromatic amines is 1. The van der Waals surface area contributed by atoms with E-state index >= 15 is 0 Å². The van der Waals surface area contributed by atoms with E-state index < -0.39 is 22.6 Å². The predicted molar refractivity (Wildman–Crippen MR) is 75.5 cm³/mol. The number of rotatable bonds is 3. The molecule has 22 heavy (non-hydrogen) atoms. The fourth-order valence-corrected chi connectivity index (χ4v) is 2.47. The summed E-state index contributed by atoms with van der Waals surface area (Å²) in [5, 5.41) is 11.3. The molecule has 0 saturated heterocycles. The van der Waals surface area contributed by atoms with Gasteiger partial charge >= 0.3 is 6.23 Å². The van der Waals surface area contributed by atoms with Crippen LogP contribution in [0.25, 0.3) is 0 Å². The van der Waals surface area contributed by atoms with Gasteiger partial charge in [-0.05, 0) is 17.7 Å². The van der Waals surface area contributed by atoms with E-state index in [1.807, 2.05) is 0 Å². The third-order valence-corrected chi connectivity index (χ3v) is 3.45. The van der Waals surface area contributed by atoms with Crippen molar-refractivity contribution in [2.24, 2.45) is 0 Å². The normalized spacial score (nSPS) is 19.3. The maximum absolute atomic E-state index is 12.1. The van der Waals surface area contributed by atoms with E-state index in [1.165, 1.54) is 7.11 Å². The standard InChI is InChI=1S/C13H12N4O5/c1-21-7-4-2-6(3-5-7)8-9-10(18)15-13(14)16-11(9)22-12(8)17(19)20/h2-5,8,12H,1H3,(H3,14,15,16,18)/t8-,12-/m1/s1. The highest BCUT2D eigenvalue weighted by molar-refractivity contribution is 5.44. The molecule has 0 radical (unpaired) electrons. The Morgan fingerprint density at radius 3 is 2.68 bits per heavy atom. The smallest absolute Gasteiger partial charge is 0.366 e. The second-order valence-corrected chi connectivity index (χ2v) is 4.71. The van der Waals surface area contributed by atoms with E-state index in [2.05, 4.69) is 9.97 Å². The zero-order valence-corrected chi connectivity index (χ0v) is 11.5. The number of hydrogen-bond acceptors (Lipinski definition) is 7. The first-order valence-corrected chi connectivity index (χ1v) is 6.35. The van der Waals surface area contributed by atoms with Gasteiger partial charge in [-0.15, -0.1) is 0 Å². The largest absolute Gasteiger partial charge is 0.497 e. The Balaban J connectivity index is 2.14. The van der Waals surface area contributed by atoms with E-state index in [9.17, 15) is 14.9 Å². The number of fused-ring (bicyclic) bond motifs is 1. The molecule has 9 heteroatoms. The average molecular weight is 304 g/mol. The van der Waals surface area contributed by atoms with Crippen molar-refractivity contribution in [1.82, 2.24) is 9.97 Å². The SMILES string of the molecule is COc1ccc([C@@H]2c3c(nc(N)[nH]c3=O)O[C@H]2[N+](=O)[O-])cc1. The van der Waals surface area contributed by atoms with E-state index in [1.54, 1.807) is 24.3 Å². The van der Waals surface area contributed by atoms with Crippen LogP contribution in [0.15, 0.2) is 29.1 Å². The summed E-state index contributed by atoms with van der Waals surface area (Å²) in [5.74, 6) is -0.525. The summed E-state index contributed by atoms with van der Waals surface area (Å²) in [6.45, 7) is 0. The maximum atomic E-state index is 12.1. The van der Waals surface area contributed by atoms with Crippen LogP contribution in [-0.4, -0.2) is 28.2 Å². The van der Waals surface area contributed by atoms with Crippen molar-refractivity contribution < 1.29 is 14.4 Å². The topological polar surface area (TPSA) is 133 Å². The lowest BCUT2D eigenvalue weighted by atomic mass is 9.93. The highest BCUT2D eigenvalue weighted by Gasteiger charge is 2.47. The number of nitrogens with two attached hydrogens (primary N) is 1. The van der Waals surface area contributed by atoms with Gasteiger partial charge in [-0.25, -0.2) is 0 Å². The quantitative estimate of drug-likeness (QED) is 0.622. The summed E-state index contributed by atoms with van der Waals surface area (Å²) in [6.07, 6.45) is -1.43. The summed E-state index contributed by atoms with van der Waals surface area (Å²) < 4.78 is 10.3. The van der Waals surface area contributed by atoms with Gasteiger partial charge in [-0.1, -0.05) is 12.1 Å². The van der Waals surface area contributed by atoms with Gasteiger partial charge in [0.25, 0.3) is 5.56 Å². The van der Waals surface area contributed by atoms with Crippen LogP contribution >= 0.6 is 0 Å². The number of hydrogen-bond donors (Lipinski definition) is 2. The van der Waals surface area contributed by atoms with Gasteiger partial charge < -0.3 is 15.2 Å². The number of nitrogens with zero attached hydrogens (tertiary/aromatic N) is 2. The van der Waals surface area contributed by atoms with Crippen molar-refractivity contribution in [2.75, 3.05) is 12.8 Å². The Bertz CT molecular complexity index is 786. The zero-order chi connectivity index (χ0) is 15.9. The van der Waals surface area contributed by atoms with Gasteiger partial charge in [0.05, 0.1) is 17.6 Å². The van der Waals surface area contributed by atoms with E-state index in [4.69, 9.17) is 15.2 Å². The number of aromatic nitrogens is 2. The Kier molecular flexibility index (Phi) is 3.17. The minimum absolute atomic E-state index is 0.0982. The summed E-state index contributed by atoms with van der Waals surface area (Å²) in [6, 6.07) is 6.61. The first-order chi connectivity index (χ1) is 10.5. The molecule has 0 amide bonds. The van der Waals surface area contributed by atoms with Crippen molar-refractivity contribution in [2.45, 2.75) is 12.1 Å². The van der Waals surface area contributed by atoms with Crippen molar-refractivity contribution in [1.29, 1.82) is 0 Å². The lowest BCUT2D eigenvalue weighted by Crippen LogP contribution is -2.30. The van der Waals surface area contributed by atoms with Crippen LogP contribution in [0.3, 0.4) is 0 Å². The molecule has 0 saturated carbocycles. The van der Waals surface area contributed by atoms with Crippen LogP contribution < -0.4 is 20.8 Å². The maximum Gasteiger partial charge on any atom is 0.366 e. The molecule has 0 spiro atoms. The Morgan fingerprint density at radius 1 is 1.41 bits per heavy atom. The molecule has 0 aliphatic carbocycles. The third kappa shape index (κ3) is 2.12. The molecule has 1 aliphatic rings. The van der Waals surface area contributed by atoms with Gasteiger partial charge in [-0.2, -0.15) is 4.98 Å². The zero-order valence-electron chi connectivity index (χ0n) is 11.5. The van der Waals surface area contributed by atoms with Crippen molar-refractivity contribution in [3.8, 4) is 11.6 Å². The molecule has 1 aliphatic heterocycles. The minimum atomic E-state index is -1.43. The molecule has 9 nitrogen and oxygen atoms in total. The fraction of sp³-hybridized carbons (Fsp3) is 0.231. The molecule has 2 atom stereocenters. The van der Waals surface area contributed by atoms with Crippen LogP contribution in [-0.2, 0) is 0 Å². The Morgan fingerprint density at radius 2 is 2.09 bits per heavy atom. The number of nitrogens with one attached hydrogen (secondary N) is 1. The summed E-state index contributed by atoms with van der Waals surface area (Å²) in [4.78, 5) is 28.9. The van der Waals surface area contributed by atoms with E-state index in [0.717, 1.165) is 0 Å². The lowest BCUT2D eigenvalue weighted by Gasteiger charge is -2.12. The van der Waals surface area contributed by atoms with Gasteiger partial charge in [-0.3, -0.25) is 19.9 Å². The molecular weight excluding hydrogens is 292 g/mol. The third-order valence-electron chi connectivity index (χ3n) is 3.45. The summed E-state index contributed by atoms with van der Waals surface area (Å²) in [5.41, 5.74) is 5.55. The number of nitrogen functional groups attached to an aromatic ring is 1. The highest BCUT2D eigenvalue weighted by Crippen LogP contribution is 2.39. The van der Waals surface area contributed by atoms with Crippen molar-refractivity contribution in [3.63, 3.8) is 0 Å². The lowest BCUT2D eigenvalue weighted by molar-refractivity contribution is -0.562. The van der Waals surface area contributed by atoms with Crippen LogP contribution in [0.5, 0.6) is 11.6 Å². The van der Waals surface area contributed by atoms with Gasteiger partial charge in [0, 0.05) is 0 Å². The van der Waals surface area contributed by atoms with E-state index in [0.29, 0.717) is 11.3 Å². The number of methoxy groups -OCH3 is 1. The highest BCUT2D eigenvalue weighted by atomic mass is 16.7. The second-order valence-electron chi connectivity index (χ2n) is 4.71. The average Bonchev–Trinajstić information content (AvgIpc) is 2.87. The first kappa shape index (κ1) is 13.9. The fourth-order valence-electron chi connectivity index (χ4n) is 2.47. The molecule has 1 aromatic heterocycles. The van der Waals surface area contributed by atoms with Crippen molar-refractivity contribution >= 4 is 5.95 Å². The summed E-state index contributed by atoms with van der Waals surface area (Å²) in [7, 11) is 1.51. The molecule has 0 bridgehead atoms. The molecule has 3 N–H and O–H groups in total. The number of nitro groups is 1. The van der Waals surface area contributed by atoms with Gasteiger partial charge in [0.15, 0.2) is 0 Å². The number of ether oxygens (including phenoxy) is 2. The number of benzene rings is 1. The van der Waals surface area contributed by atoms with Gasteiger partial charge in [0.2, 0.25) is 11.8 Å². The van der Waals surface area contributed by atoms with Crippen LogP contribution in [0.2, 0.25) is 0 Å². The Labute approximate surface area is 123 Å². The summed E-state index contributed by atoms with van der Waals surface area (Å²) >= 11 is 0. The Hall–Kier alpha value is -3.10. The molecule has 3 rings (SSSR count). The van der Waals surface area contributed by atoms with Crippen LogP contribution in [0.1, 0.15) is 17.0 Å². The van der Waals surface area contributed by atoms with Crippen LogP contribution in [0, 0.1) is 10.1 Å². The minimum Gasteiger partial charge on any atom is -0.497 e. The number of anilines is 1. The molecule has 0 unspecified atom stereocenters. The predicted octanol–water partition coefficient (Wildman–Crippen LogP) is 0.488. The molecular formula is C13H12N4O5. The molecule has 2 heterocycles. The molecule has 2 aromatic rings. The monoisotopic (exact) mass is 304 g/mol. The molecule has 1 aromatic carbocycles. The van der Waals surface area contributed by atoms with Gasteiger partial charge in [0.1, 0.15) is 11.7 Å². The number of H-pyrrole nitrogens is 1.